The van der Waals surface area contributed by atoms with Crippen LogP contribution in [0, 0.1) is 5.82 Å². The van der Waals surface area contributed by atoms with Crippen molar-refractivity contribution in [3.63, 3.8) is 0 Å². The van der Waals surface area contributed by atoms with E-state index in [2.05, 4.69) is 4.98 Å². The van der Waals surface area contributed by atoms with Crippen molar-refractivity contribution in [1.82, 2.24) is 4.98 Å². The third-order valence-electron chi connectivity index (χ3n) is 4.19. The molecule has 2 aromatic carbocycles. The molecule has 3 aromatic rings. The van der Waals surface area contributed by atoms with Crippen LogP contribution in [-0.2, 0) is 11.2 Å². The standard InChI is InChI=1S/C20H20FNO4/c1-24-17-6-3-7-18(25-2)19(17)20(23)26-10-4-5-13-12-22-16-9-8-14(21)11-15(13)16/h3,6-9,11-12,22H,4-5,10H2,1-2H3. The molecule has 6 heteroatoms. The Hall–Kier alpha value is -3.02. The van der Waals surface area contributed by atoms with E-state index in [0.717, 1.165) is 16.5 Å². The van der Waals surface area contributed by atoms with Gasteiger partial charge in [-0.2, -0.15) is 0 Å². The normalized spacial score (nSPS) is 10.7. The Morgan fingerprint density at radius 1 is 1.12 bits per heavy atom. The van der Waals surface area contributed by atoms with E-state index in [4.69, 9.17) is 14.2 Å². The number of nitrogens with one attached hydrogen (secondary N) is 1. The number of hydrogen-bond acceptors (Lipinski definition) is 4. The number of aromatic nitrogens is 1. The Morgan fingerprint density at radius 2 is 1.85 bits per heavy atom. The maximum Gasteiger partial charge on any atom is 0.345 e. The number of benzene rings is 2. The largest absolute Gasteiger partial charge is 0.496 e. The lowest BCUT2D eigenvalue weighted by atomic mass is 10.1. The molecular weight excluding hydrogens is 337 g/mol. The average molecular weight is 357 g/mol. The third-order valence-corrected chi connectivity index (χ3v) is 4.19. The molecule has 26 heavy (non-hydrogen) atoms. The van der Waals surface area contributed by atoms with E-state index in [1.807, 2.05) is 6.20 Å². The predicted molar refractivity (Wildman–Crippen MR) is 96.4 cm³/mol. The lowest BCUT2D eigenvalue weighted by Crippen LogP contribution is -2.10. The highest BCUT2D eigenvalue weighted by molar-refractivity contribution is 5.95. The summed E-state index contributed by atoms with van der Waals surface area (Å²) < 4.78 is 29.2. The number of aromatic amines is 1. The summed E-state index contributed by atoms with van der Waals surface area (Å²) in [4.78, 5) is 15.5. The van der Waals surface area contributed by atoms with Gasteiger partial charge in [0.15, 0.2) is 0 Å². The maximum atomic E-state index is 13.4. The van der Waals surface area contributed by atoms with Gasteiger partial charge in [0.05, 0.1) is 20.8 Å². The molecule has 0 saturated carbocycles. The molecule has 0 saturated heterocycles. The van der Waals surface area contributed by atoms with Crippen LogP contribution >= 0.6 is 0 Å². The molecule has 0 spiro atoms. The Bertz CT molecular complexity index is 897. The monoisotopic (exact) mass is 357 g/mol. The zero-order chi connectivity index (χ0) is 18.5. The minimum atomic E-state index is -0.496. The molecule has 1 aromatic heterocycles. The molecule has 0 fully saturated rings. The van der Waals surface area contributed by atoms with Gasteiger partial charge in [0.25, 0.3) is 0 Å². The zero-order valence-electron chi connectivity index (χ0n) is 14.7. The maximum absolute atomic E-state index is 13.4. The Balaban J connectivity index is 1.61. The van der Waals surface area contributed by atoms with Crippen molar-refractivity contribution in [3.05, 3.63) is 59.5 Å². The van der Waals surface area contributed by atoms with Gasteiger partial charge in [-0.3, -0.25) is 0 Å². The molecule has 5 nitrogen and oxygen atoms in total. The van der Waals surface area contributed by atoms with Crippen molar-refractivity contribution in [3.8, 4) is 11.5 Å². The van der Waals surface area contributed by atoms with Gasteiger partial charge in [0.1, 0.15) is 22.9 Å². The summed E-state index contributed by atoms with van der Waals surface area (Å²) in [5.41, 5.74) is 2.15. The van der Waals surface area contributed by atoms with Crippen LogP contribution in [-0.4, -0.2) is 31.8 Å². The molecule has 0 aliphatic rings. The number of halogens is 1. The van der Waals surface area contributed by atoms with Gasteiger partial charge < -0.3 is 19.2 Å². The van der Waals surface area contributed by atoms with Gasteiger partial charge in [-0.25, -0.2) is 9.18 Å². The first-order valence-corrected chi connectivity index (χ1v) is 8.27. The van der Waals surface area contributed by atoms with Gasteiger partial charge in [-0.15, -0.1) is 0 Å². The topological polar surface area (TPSA) is 60.6 Å². The fourth-order valence-corrected chi connectivity index (χ4v) is 2.91. The summed E-state index contributed by atoms with van der Waals surface area (Å²) >= 11 is 0. The molecule has 1 heterocycles. The van der Waals surface area contributed by atoms with E-state index in [9.17, 15) is 9.18 Å². The average Bonchev–Trinajstić information content (AvgIpc) is 3.06. The van der Waals surface area contributed by atoms with Crippen LogP contribution in [0.5, 0.6) is 11.5 Å². The summed E-state index contributed by atoms with van der Waals surface area (Å²) in [6.45, 7) is 0.238. The van der Waals surface area contributed by atoms with Gasteiger partial charge in [0.2, 0.25) is 0 Å². The van der Waals surface area contributed by atoms with Crippen LogP contribution in [0.2, 0.25) is 0 Å². The van der Waals surface area contributed by atoms with E-state index in [1.165, 1.54) is 26.4 Å². The molecule has 0 aliphatic heterocycles. The first kappa shape index (κ1) is 17.8. The van der Waals surface area contributed by atoms with Crippen molar-refractivity contribution < 1.29 is 23.4 Å². The molecule has 0 unspecified atom stereocenters. The van der Waals surface area contributed by atoms with Crippen LogP contribution in [0.25, 0.3) is 10.9 Å². The van der Waals surface area contributed by atoms with Gasteiger partial charge in [0, 0.05) is 17.1 Å². The Labute approximate surface area is 150 Å². The summed E-state index contributed by atoms with van der Waals surface area (Å²) in [5, 5.41) is 0.850. The summed E-state index contributed by atoms with van der Waals surface area (Å²) in [5.74, 6) is 0.0419. The Morgan fingerprint density at radius 3 is 2.54 bits per heavy atom. The number of hydrogen-bond donors (Lipinski definition) is 1. The summed E-state index contributed by atoms with van der Waals surface area (Å²) in [6.07, 6.45) is 3.14. The summed E-state index contributed by atoms with van der Waals surface area (Å²) in [6, 6.07) is 9.74. The van der Waals surface area contributed by atoms with Crippen LogP contribution in [0.3, 0.4) is 0 Å². The minimum absolute atomic E-state index is 0.238. The lowest BCUT2D eigenvalue weighted by molar-refractivity contribution is 0.0493. The van der Waals surface area contributed by atoms with E-state index in [1.54, 1.807) is 24.3 Å². The predicted octanol–water partition coefficient (Wildman–Crippen LogP) is 4.11. The smallest absolute Gasteiger partial charge is 0.345 e. The molecule has 0 aliphatic carbocycles. The van der Waals surface area contributed by atoms with Crippen molar-refractivity contribution in [1.29, 1.82) is 0 Å². The van der Waals surface area contributed by atoms with E-state index >= 15 is 0 Å². The quantitative estimate of drug-likeness (QED) is 0.511. The highest BCUT2D eigenvalue weighted by Crippen LogP contribution is 2.29. The van der Waals surface area contributed by atoms with Gasteiger partial charge in [-0.1, -0.05) is 6.07 Å². The van der Waals surface area contributed by atoms with Crippen molar-refractivity contribution in [2.24, 2.45) is 0 Å². The van der Waals surface area contributed by atoms with Crippen molar-refractivity contribution in [2.75, 3.05) is 20.8 Å². The molecule has 0 amide bonds. The number of ether oxygens (including phenoxy) is 3. The van der Waals surface area contributed by atoms with E-state index in [0.29, 0.717) is 24.3 Å². The molecule has 3 rings (SSSR count). The minimum Gasteiger partial charge on any atom is -0.496 e. The van der Waals surface area contributed by atoms with Crippen molar-refractivity contribution >= 4 is 16.9 Å². The van der Waals surface area contributed by atoms with E-state index in [-0.39, 0.29) is 18.0 Å². The van der Waals surface area contributed by atoms with Crippen LogP contribution in [0.4, 0.5) is 4.39 Å². The Kier molecular flexibility index (Phi) is 5.41. The number of rotatable bonds is 7. The van der Waals surface area contributed by atoms with E-state index < -0.39 is 5.97 Å². The SMILES string of the molecule is COc1cccc(OC)c1C(=O)OCCCc1c[nH]c2ccc(F)cc12. The molecule has 0 atom stereocenters. The second kappa shape index (κ2) is 7.91. The fraction of sp³-hybridized carbons (Fsp3) is 0.250. The number of fused-ring (bicyclic) bond motifs is 1. The van der Waals surface area contributed by atoms with Gasteiger partial charge in [-0.05, 0) is 48.7 Å². The highest BCUT2D eigenvalue weighted by atomic mass is 19.1. The fourth-order valence-electron chi connectivity index (χ4n) is 2.91. The lowest BCUT2D eigenvalue weighted by Gasteiger charge is -2.12. The first-order chi connectivity index (χ1) is 12.6. The number of H-pyrrole nitrogens is 1. The molecule has 0 bridgehead atoms. The first-order valence-electron chi connectivity index (χ1n) is 8.27. The summed E-state index contributed by atoms with van der Waals surface area (Å²) in [7, 11) is 2.98. The van der Waals surface area contributed by atoms with Crippen LogP contribution in [0.1, 0.15) is 22.3 Å². The molecule has 136 valence electrons. The number of aryl methyl sites for hydroxylation is 1. The number of carbonyl (C=O) groups excluding carboxylic acids is 1. The highest BCUT2D eigenvalue weighted by Gasteiger charge is 2.19. The third kappa shape index (κ3) is 3.64. The second-order valence-corrected chi connectivity index (χ2v) is 5.78. The number of esters is 1. The van der Waals surface area contributed by atoms with Crippen LogP contribution < -0.4 is 9.47 Å². The number of methoxy groups -OCH3 is 2. The molecule has 0 radical (unpaired) electrons. The van der Waals surface area contributed by atoms with Crippen LogP contribution in [0.15, 0.2) is 42.6 Å². The molecular formula is C20H20FNO4. The van der Waals surface area contributed by atoms with Crippen molar-refractivity contribution in [2.45, 2.75) is 12.8 Å². The zero-order valence-corrected chi connectivity index (χ0v) is 14.7. The number of carbonyl (C=O) groups is 1. The molecule has 1 N–H and O–H groups in total. The second-order valence-electron chi connectivity index (χ2n) is 5.78. The van der Waals surface area contributed by atoms with Gasteiger partial charge >= 0.3 is 5.97 Å².